The van der Waals surface area contributed by atoms with E-state index in [0.717, 1.165) is 0 Å². The lowest BCUT2D eigenvalue weighted by atomic mass is 10.0. The van der Waals surface area contributed by atoms with Crippen molar-refractivity contribution in [3.05, 3.63) is 0 Å². The summed E-state index contributed by atoms with van der Waals surface area (Å²) in [6, 6.07) is -0.535. The van der Waals surface area contributed by atoms with Gasteiger partial charge in [-0.1, -0.05) is 11.8 Å². The number of quaternary nitrogens is 1. The summed E-state index contributed by atoms with van der Waals surface area (Å²) in [6.45, 7) is 7.78. The van der Waals surface area contributed by atoms with Gasteiger partial charge in [0, 0.05) is 6.92 Å². The molecule has 0 aliphatic carbocycles. The monoisotopic (exact) mass is 297 g/mol. The van der Waals surface area contributed by atoms with Crippen LogP contribution in [0.4, 0.5) is 0 Å². The number of carbonyl (C=O) groups excluding carboxylic acids is 1. The third-order valence-electron chi connectivity index (χ3n) is 2.83. The summed E-state index contributed by atoms with van der Waals surface area (Å²) in [6.07, 6.45) is 0.221. The first-order valence-electron chi connectivity index (χ1n) is 5.65. The van der Waals surface area contributed by atoms with Crippen molar-refractivity contribution in [3.63, 3.8) is 0 Å². The van der Waals surface area contributed by atoms with Crippen LogP contribution in [0.5, 0.6) is 0 Å². The van der Waals surface area contributed by atoms with Gasteiger partial charge in [-0.3, -0.25) is 4.79 Å². The topological polar surface area (TPSA) is 80.2 Å². The van der Waals surface area contributed by atoms with Crippen molar-refractivity contribution in [1.29, 1.82) is 0 Å². The predicted molar refractivity (Wildman–Crippen MR) is 64.7 cm³/mol. The Labute approximate surface area is 117 Å². The van der Waals surface area contributed by atoms with Crippen LogP contribution in [0.1, 0.15) is 34.1 Å². The van der Waals surface area contributed by atoms with Gasteiger partial charge in [0.05, 0.1) is 11.4 Å². The molecule has 1 aliphatic heterocycles. The zero-order valence-corrected chi connectivity index (χ0v) is 12.6. The number of aliphatic carboxylic acids is 1. The molecule has 18 heavy (non-hydrogen) atoms. The van der Waals surface area contributed by atoms with Crippen LogP contribution in [0.25, 0.3) is 0 Å². The van der Waals surface area contributed by atoms with Crippen molar-refractivity contribution in [2.75, 3.05) is 6.61 Å². The number of carboxylic acids is 1. The van der Waals surface area contributed by atoms with Crippen molar-refractivity contribution in [2.24, 2.45) is 0 Å². The molecule has 2 atom stereocenters. The van der Waals surface area contributed by atoms with Crippen LogP contribution >= 0.6 is 11.8 Å². The number of nitrogens with two attached hydrogens (primary N) is 1. The molecule has 0 aromatic rings. The van der Waals surface area contributed by atoms with Gasteiger partial charge in [-0.25, -0.2) is 4.79 Å². The van der Waals surface area contributed by atoms with E-state index < -0.39 is 21.6 Å². The normalized spacial score (nSPS) is 29.4. The average molecular weight is 298 g/mol. The minimum absolute atomic E-state index is 0. The summed E-state index contributed by atoms with van der Waals surface area (Å²) in [4.78, 5) is 22.2. The van der Waals surface area contributed by atoms with Gasteiger partial charge in [0.2, 0.25) is 0 Å². The number of hydrogen-bond acceptors (Lipinski definition) is 4. The number of halogens is 1. The Morgan fingerprint density at radius 1 is 1.39 bits per heavy atom. The zero-order valence-electron chi connectivity index (χ0n) is 11.0. The second-order valence-corrected chi connectivity index (χ2v) is 7.17. The van der Waals surface area contributed by atoms with Gasteiger partial charge in [-0.15, -0.1) is 0 Å². The summed E-state index contributed by atoms with van der Waals surface area (Å²) in [7, 11) is 0. The summed E-state index contributed by atoms with van der Waals surface area (Å²) in [5, 5.41) is 10.9. The SMILES string of the molecule is CCOC(=O)CC1(C)[NH2+]C(C(=O)O)C(C)(C)S1.[Cl-]. The van der Waals surface area contributed by atoms with Crippen LogP contribution in [0, 0.1) is 0 Å². The molecule has 0 amide bonds. The maximum Gasteiger partial charge on any atom is 0.363 e. The number of hydrogen-bond donors (Lipinski definition) is 2. The summed E-state index contributed by atoms with van der Waals surface area (Å²) < 4.78 is 4.52. The third kappa shape index (κ3) is 4.03. The van der Waals surface area contributed by atoms with E-state index in [2.05, 4.69) is 0 Å². The molecule has 2 unspecified atom stereocenters. The van der Waals surface area contributed by atoms with Gasteiger partial charge in [-0.05, 0) is 20.8 Å². The first kappa shape index (κ1) is 17.5. The Hall–Kier alpha value is -0.460. The van der Waals surface area contributed by atoms with Crippen LogP contribution < -0.4 is 17.7 Å². The maximum atomic E-state index is 11.5. The fourth-order valence-electron chi connectivity index (χ4n) is 2.21. The van der Waals surface area contributed by atoms with Crippen LogP contribution in [0.3, 0.4) is 0 Å². The van der Waals surface area contributed by atoms with E-state index in [1.54, 1.807) is 12.2 Å². The molecule has 106 valence electrons. The van der Waals surface area contributed by atoms with E-state index in [1.165, 1.54) is 11.8 Å². The Kier molecular flexibility index (Phi) is 5.97. The largest absolute Gasteiger partial charge is 1.00 e. The highest BCUT2D eigenvalue weighted by molar-refractivity contribution is 8.02. The molecule has 0 bridgehead atoms. The number of rotatable bonds is 4. The van der Waals surface area contributed by atoms with Crippen LogP contribution in [-0.4, -0.2) is 39.3 Å². The molecule has 1 fully saturated rings. The van der Waals surface area contributed by atoms with Crippen LogP contribution in [-0.2, 0) is 14.3 Å². The lowest BCUT2D eigenvalue weighted by Crippen LogP contribution is -3.00. The van der Waals surface area contributed by atoms with Gasteiger partial charge >= 0.3 is 11.9 Å². The third-order valence-corrected chi connectivity index (χ3v) is 4.36. The summed E-state index contributed by atoms with van der Waals surface area (Å²) in [5.41, 5.74) is 0. The van der Waals surface area contributed by atoms with E-state index in [4.69, 9.17) is 9.84 Å². The van der Waals surface area contributed by atoms with Crippen molar-refractivity contribution in [2.45, 2.75) is 49.8 Å². The predicted octanol–water partition coefficient (Wildman–Crippen LogP) is -2.80. The first-order chi connectivity index (χ1) is 7.70. The fourth-order valence-corrected chi connectivity index (χ4v) is 4.11. The molecule has 0 aromatic heterocycles. The lowest BCUT2D eigenvalue weighted by molar-refractivity contribution is -0.713. The molecule has 3 N–H and O–H groups in total. The summed E-state index contributed by atoms with van der Waals surface area (Å²) in [5.74, 6) is -1.12. The van der Waals surface area contributed by atoms with E-state index in [0.29, 0.717) is 6.61 Å². The number of thioether (sulfide) groups is 1. The molecule has 7 heteroatoms. The zero-order chi connectivity index (χ0) is 13.3. The number of esters is 1. The fraction of sp³-hybridized carbons (Fsp3) is 0.818. The van der Waals surface area contributed by atoms with Crippen LogP contribution in [0.15, 0.2) is 0 Å². The highest BCUT2D eigenvalue weighted by Crippen LogP contribution is 2.41. The van der Waals surface area contributed by atoms with E-state index >= 15 is 0 Å². The molecular weight excluding hydrogens is 278 g/mol. The van der Waals surface area contributed by atoms with Gasteiger partial charge < -0.3 is 27.6 Å². The first-order valence-corrected chi connectivity index (χ1v) is 6.46. The van der Waals surface area contributed by atoms with E-state index in [1.807, 2.05) is 20.8 Å². The van der Waals surface area contributed by atoms with Crippen molar-refractivity contribution in [1.82, 2.24) is 0 Å². The number of ether oxygens (including phenoxy) is 1. The molecule has 5 nitrogen and oxygen atoms in total. The Morgan fingerprint density at radius 2 is 1.94 bits per heavy atom. The van der Waals surface area contributed by atoms with Crippen LogP contribution in [0.2, 0.25) is 0 Å². The van der Waals surface area contributed by atoms with Crippen molar-refractivity contribution in [3.8, 4) is 0 Å². The lowest BCUT2D eigenvalue weighted by Gasteiger charge is -2.19. The molecule has 1 heterocycles. The second kappa shape index (κ2) is 6.12. The molecule has 1 aliphatic rings. The van der Waals surface area contributed by atoms with Gasteiger partial charge in [0.25, 0.3) is 0 Å². The van der Waals surface area contributed by atoms with Crippen molar-refractivity contribution < 1.29 is 37.2 Å². The highest BCUT2D eigenvalue weighted by Gasteiger charge is 2.56. The minimum Gasteiger partial charge on any atom is -1.00 e. The van der Waals surface area contributed by atoms with Crippen molar-refractivity contribution >= 4 is 23.7 Å². The Balaban J connectivity index is 0.00000289. The molecule has 1 saturated heterocycles. The molecule has 0 saturated carbocycles. The number of carbonyl (C=O) groups is 2. The van der Waals surface area contributed by atoms with E-state index in [-0.39, 0.29) is 24.8 Å². The maximum absolute atomic E-state index is 11.5. The quantitative estimate of drug-likeness (QED) is 0.548. The molecule has 0 radical (unpaired) electrons. The van der Waals surface area contributed by atoms with Gasteiger partial charge in [0.15, 0.2) is 10.9 Å². The van der Waals surface area contributed by atoms with E-state index in [9.17, 15) is 9.59 Å². The Bertz CT molecular complexity index is 337. The molecule has 0 aromatic carbocycles. The van der Waals surface area contributed by atoms with Gasteiger partial charge in [-0.2, -0.15) is 0 Å². The molecule has 1 rings (SSSR count). The number of carboxylic acid groups (broad SMARTS) is 1. The minimum atomic E-state index is -0.838. The highest BCUT2D eigenvalue weighted by atomic mass is 35.5. The molecule has 0 spiro atoms. The smallest absolute Gasteiger partial charge is 0.363 e. The summed E-state index contributed by atoms with van der Waals surface area (Å²) >= 11 is 1.52. The standard InChI is InChI=1S/C11H19NO4S.ClH/c1-5-16-7(13)6-11(4)12-8(9(14)15)10(2,3)17-11;/h8,12H,5-6H2,1-4H3,(H,14,15);1H. The Morgan fingerprint density at radius 3 is 2.33 bits per heavy atom. The average Bonchev–Trinajstić information content (AvgIpc) is 2.35. The molecular formula is C11H20ClNO4S. The second-order valence-electron chi connectivity index (χ2n) is 4.98. The van der Waals surface area contributed by atoms with Gasteiger partial charge in [0.1, 0.15) is 6.42 Å².